The fraction of sp³-hybridized carbons (Fsp3) is 0.600. The molecule has 0 saturated carbocycles. The molecule has 0 aliphatic rings. The topological polar surface area (TPSA) is 12.0 Å². The van der Waals surface area contributed by atoms with Crippen LogP contribution < -0.4 is 5.32 Å². The molecule has 0 aromatic heterocycles. The van der Waals surface area contributed by atoms with Crippen LogP contribution in [0.2, 0.25) is 5.02 Å². The van der Waals surface area contributed by atoms with Crippen molar-refractivity contribution in [2.24, 2.45) is 11.8 Å². The molecule has 3 heteroatoms. The van der Waals surface area contributed by atoms with Crippen LogP contribution in [0.4, 0.5) is 5.69 Å². The highest BCUT2D eigenvalue weighted by molar-refractivity contribution is 9.10. The van der Waals surface area contributed by atoms with E-state index in [0.717, 1.165) is 15.2 Å². The van der Waals surface area contributed by atoms with Gasteiger partial charge in [0.2, 0.25) is 0 Å². The average molecular weight is 333 g/mol. The lowest BCUT2D eigenvalue weighted by Crippen LogP contribution is -2.23. The van der Waals surface area contributed by atoms with Gasteiger partial charge in [-0.05, 0) is 42.9 Å². The molecule has 102 valence electrons. The van der Waals surface area contributed by atoms with Gasteiger partial charge in [0.1, 0.15) is 0 Å². The third-order valence-electron chi connectivity index (χ3n) is 2.80. The Morgan fingerprint density at radius 1 is 1.11 bits per heavy atom. The quantitative estimate of drug-likeness (QED) is 0.676. The molecule has 1 N–H and O–H groups in total. The minimum atomic E-state index is 0.490. The molecule has 1 nitrogen and oxygen atoms in total. The molecular weight excluding hydrogens is 310 g/mol. The normalized spacial score (nSPS) is 11.6. The van der Waals surface area contributed by atoms with Crippen molar-refractivity contribution < 1.29 is 0 Å². The number of hydrogen-bond acceptors (Lipinski definition) is 1. The van der Waals surface area contributed by atoms with Crippen LogP contribution in [0.25, 0.3) is 0 Å². The van der Waals surface area contributed by atoms with Gasteiger partial charge in [-0.2, -0.15) is 0 Å². The van der Waals surface area contributed by atoms with Crippen molar-refractivity contribution in [2.45, 2.75) is 46.6 Å². The number of anilines is 1. The van der Waals surface area contributed by atoms with E-state index in [0.29, 0.717) is 17.9 Å². The number of nitrogens with one attached hydrogen (secondary N) is 1. The van der Waals surface area contributed by atoms with Gasteiger partial charge in [0.25, 0.3) is 0 Å². The van der Waals surface area contributed by atoms with Crippen molar-refractivity contribution in [3.63, 3.8) is 0 Å². The molecule has 1 rings (SSSR count). The van der Waals surface area contributed by atoms with Crippen LogP contribution in [-0.2, 0) is 0 Å². The van der Waals surface area contributed by atoms with E-state index < -0.39 is 0 Å². The van der Waals surface area contributed by atoms with Crippen LogP contribution >= 0.6 is 27.5 Å². The molecular formula is C15H23BrClN. The predicted molar refractivity (Wildman–Crippen MR) is 85.5 cm³/mol. The maximum Gasteiger partial charge on any atom is 0.0648 e. The predicted octanol–water partition coefficient (Wildman–Crippen LogP) is 5.98. The third kappa shape index (κ3) is 5.62. The van der Waals surface area contributed by atoms with E-state index in [1.54, 1.807) is 0 Å². The molecule has 0 radical (unpaired) electrons. The fourth-order valence-corrected chi connectivity index (χ4v) is 2.91. The number of benzene rings is 1. The van der Waals surface area contributed by atoms with Crippen LogP contribution in [-0.4, -0.2) is 6.04 Å². The summed E-state index contributed by atoms with van der Waals surface area (Å²) < 4.78 is 1.02. The standard InChI is InChI=1S/C15H23BrClN/c1-10(2)7-13(8-11(3)4)18-15-6-5-12(16)9-14(15)17/h5-6,9-11,13,18H,7-8H2,1-4H3. The molecule has 0 aliphatic heterocycles. The largest absolute Gasteiger partial charge is 0.381 e. The van der Waals surface area contributed by atoms with Crippen molar-refractivity contribution in [3.05, 3.63) is 27.7 Å². The van der Waals surface area contributed by atoms with Crippen LogP contribution in [0.5, 0.6) is 0 Å². The third-order valence-corrected chi connectivity index (χ3v) is 3.61. The van der Waals surface area contributed by atoms with Gasteiger partial charge in [-0.1, -0.05) is 55.2 Å². The van der Waals surface area contributed by atoms with Gasteiger partial charge in [-0.15, -0.1) is 0 Å². The molecule has 0 aliphatic carbocycles. The van der Waals surface area contributed by atoms with Gasteiger partial charge in [0.15, 0.2) is 0 Å². The molecule has 0 spiro atoms. The first-order valence-corrected chi connectivity index (χ1v) is 7.77. The van der Waals surface area contributed by atoms with E-state index in [9.17, 15) is 0 Å². The van der Waals surface area contributed by atoms with Gasteiger partial charge in [-0.3, -0.25) is 0 Å². The highest BCUT2D eigenvalue weighted by Gasteiger charge is 2.14. The molecule has 0 unspecified atom stereocenters. The second-order valence-electron chi connectivity index (χ2n) is 5.72. The van der Waals surface area contributed by atoms with Crippen LogP contribution in [0.1, 0.15) is 40.5 Å². The average Bonchev–Trinajstić information content (AvgIpc) is 2.20. The van der Waals surface area contributed by atoms with Gasteiger partial charge >= 0.3 is 0 Å². The molecule has 0 heterocycles. The van der Waals surface area contributed by atoms with Crippen molar-refractivity contribution in [1.29, 1.82) is 0 Å². The van der Waals surface area contributed by atoms with Crippen LogP contribution in [0, 0.1) is 11.8 Å². The maximum absolute atomic E-state index is 6.25. The molecule has 0 amide bonds. The summed E-state index contributed by atoms with van der Waals surface area (Å²) in [7, 11) is 0. The van der Waals surface area contributed by atoms with E-state index in [-0.39, 0.29) is 0 Å². The fourth-order valence-electron chi connectivity index (χ4n) is 2.18. The summed E-state index contributed by atoms with van der Waals surface area (Å²) in [6, 6.07) is 6.49. The van der Waals surface area contributed by atoms with Crippen molar-refractivity contribution in [3.8, 4) is 0 Å². The second-order valence-corrected chi connectivity index (χ2v) is 7.05. The number of rotatable bonds is 6. The number of hydrogen-bond donors (Lipinski definition) is 1. The molecule has 0 fully saturated rings. The lowest BCUT2D eigenvalue weighted by molar-refractivity contribution is 0.442. The van der Waals surface area contributed by atoms with Crippen LogP contribution in [0.15, 0.2) is 22.7 Å². The second kappa shape index (κ2) is 7.40. The lowest BCUT2D eigenvalue weighted by atomic mass is 9.95. The van der Waals surface area contributed by atoms with E-state index in [1.807, 2.05) is 18.2 Å². The Bertz CT molecular complexity index is 367. The van der Waals surface area contributed by atoms with E-state index >= 15 is 0 Å². The Labute approximate surface area is 124 Å². The first kappa shape index (κ1) is 15.8. The Kier molecular flexibility index (Phi) is 6.51. The first-order chi connectivity index (χ1) is 8.38. The van der Waals surface area contributed by atoms with Crippen molar-refractivity contribution in [2.75, 3.05) is 5.32 Å². The van der Waals surface area contributed by atoms with Crippen LogP contribution in [0.3, 0.4) is 0 Å². The first-order valence-electron chi connectivity index (χ1n) is 6.60. The monoisotopic (exact) mass is 331 g/mol. The van der Waals surface area contributed by atoms with E-state index in [1.165, 1.54) is 12.8 Å². The Morgan fingerprint density at radius 3 is 2.11 bits per heavy atom. The molecule has 18 heavy (non-hydrogen) atoms. The summed E-state index contributed by atoms with van der Waals surface area (Å²) in [6.45, 7) is 9.05. The summed E-state index contributed by atoms with van der Waals surface area (Å²) in [5.41, 5.74) is 1.03. The Balaban J connectivity index is 2.75. The summed E-state index contributed by atoms with van der Waals surface area (Å²) in [6.07, 6.45) is 2.34. The van der Waals surface area contributed by atoms with Crippen molar-refractivity contribution in [1.82, 2.24) is 0 Å². The molecule has 0 bridgehead atoms. The summed E-state index contributed by atoms with van der Waals surface area (Å²) in [5.74, 6) is 1.38. The zero-order valence-corrected chi connectivity index (χ0v) is 14.0. The number of halogens is 2. The van der Waals surface area contributed by atoms with Gasteiger partial charge in [-0.25, -0.2) is 0 Å². The summed E-state index contributed by atoms with van der Waals surface area (Å²) in [5, 5.41) is 4.36. The smallest absolute Gasteiger partial charge is 0.0648 e. The molecule has 1 aromatic rings. The Hall–Kier alpha value is -0.210. The lowest BCUT2D eigenvalue weighted by Gasteiger charge is -2.24. The molecule has 1 aromatic carbocycles. The minimum Gasteiger partial charge on any atom is -0.381 e. The Morgan fingerprint density at radius 2 is 1.67 bits per heavy atom. The minimum absolute atomic E-state index is 0.490. The summed E-state index contributed by atoms with van der Waals surface area (Å²) in [4.78, 5) is 0. The molecule has 0 atom stereocenters. The highest BCUT2D eigenvalue weighted by Crippen LogP contribution is 2.28. The molecule has 0 saturated heterocycles. The highest BCUT2D eigenvalue weighted by atomic mass is 79.9. The maximum atomic E-state index is 6.25. The van der Waals surface area contributed by atoms with E-state index in [2.05, 4.69) is 48.9 Å². The zero-order chi connectivity index (χ0) is 13.7. The van der Waals surface area contributed by atoms with Gasteiger partial charge in [0.05, 0.1) is 10.7 Å². The van der Waals surface area contributed by atoms with Gasteiger partial charge < -0.3 is 5.32 Å². The SMILES string of the molecule is CC(C)CC(CC(C)C)Nc1ccc(Br)cc1Cl. The summed E-state index contributed by atoms with van der Waals surface area (Å²) >= 11 is 9.69. The van der Waals surface area contributed by atoms with Crippen molar-refractivity contribution >= 4 is 33.2 Å². The van der Waals surface area contributed by atoms with Gasteiger partial charge in [0, 0.05) is 10.5 Å². The van der Waals surface area contributed by atoms with E-state index in [4.69, 9.17) is 11.6 Å². The zero-order valence-electron chi connectivity index (χ0n) is 11.6.